The van der Waals surface area contributed by atoms with Crippen molar-refractivity contribution in [3.05, 3.63) is 72.1 Å². The summed E-state index contributed by atoms with van der Waals surface area (Å²) in [6, 6.07) is 13.8. The molecule has 2 atom stereocenters. The minimum atomic E-state index is -0.972. The number of carboxylic acid groups (broad SMARTS) is 2. The Morgan fingerprint density at radius 2 is 1.10 bits per heavy atom. The lowest BCUT2D eigenvalue weighted by molar-refractivity contribution is -0.139. The molecule has 2 aromatic carbocycles. The number of fused-ring (bicyclic) bond motifs is 2. The number of aromatic amines is 2. The van der Waals surface area contributed by atoms with Crippen LogP contribution in [0.25, 0.3) is 21.8 Å². The highest BCUT2D eigenvalue weighted by atomic mass is 16.4. The molecular weight excluding hydrogens is 384 g/mol. The van der Waals surface area contributed by atoms with Crippen molar-refractivity contribution in [3.8, 4) is 0 Å². The van der Waals surface area contributed by atoms with Crippen LogP contribution in [-0.4, -0.2) is 44.2 Å². The summed E-state index contributed by atoms with van der Waals surface area (Å²) in [5.74, 6) is -1.94. The molecule has 4 rings (SSSR count). The lowest BCUT2D eigenvalue weighted by atomic mass is 10.1. The van der Waals surface area contributed by atoms with Crippen molar-refractivity contribution >= 4 is 33.7 Å². The van der Waals surface area contributed by atoms with E-state index in [4.69, 9.17) is 21.7 Å². The topological polar surface area (TPSA) is 158 Å². The number of aromatic nitrogens is 2. The molecule has 4 aromatic rings. The number of benzene rings is 2. The largest absolute Gasteiger partial charge is 0.480 e. The second-order valence-corrected chi connectivity index (χ2v) is 7.02. The molecule has 8 nitrogen and oxygen atoms in total. The molecule has 0 fully saturated rings. The van der Waals surface area contributed by atoms with Gasteiger partial charge in [0, 0.05) is 47.0 Å². The van der Waals surface area contributed by atoms with Crippen LogP contribution in [0.4, 0.5) is 0 Å². The number of hydrogen-bond acceptors (Lipinski definition) is 4. The third kappa shape index (κ3) is 4.86. The Morgan fingerprint density at radius 1 is 0.733 bits per heavy atom. The predicted molar refractivity (Wildman–Crippen MR) is 115 cm³/mol. The van der Waals surface area contributed by atoms with E-state index in [-0.39, 0.29) is 0 Å². The Balaban J connectivity index is 0.000000171. The number of carboxylic acids is 2. The van der Waals surface area contributed by atoms with Gasteiger partial charge in [0.05, 0.1) is 0 Å². The zero-order chi connectivity index (χ0) is 21.7. The molecule has 2 aromatic heterocycles. The molecule has 0 aliphatic rings. The molecule has 0 amide bonds. The van der Waals surface area contributed by atoms with E-state index in [9.17, 15) is 9.59 Å². The molecule has 8 N–H and O–H groups in total. The van der Waals surface area contributed by atoms with Crippen LogP contribution < -0.4 is 11.5 Å². The lowest BCUT2D eigenvalue weighted by Crippen LogP contribution is -2.32. The molecule has 8 heteroatoms. The van der Waals surface area contributed by atoms with Crippen molar-refractivity contribution in [1.29, 1.82) is 0 Å². The van der Waals surface area contributed by atoms with Crippen LogP contribution in [0.15, 0.2) is 60.9 Å². The van der Waals surface area contributed by atoms with Crippen molar-refractivity contribution in [2.45, 2.75) is 24.9 Å². The average Bonchev–Trinajstić information content (AvgIpc) is 3.33. The maximum atomic E-state index is 10.6. The molecule has 0 radical (unpaired) electrons. The van der Waals surface area contributed by atoms with Crippen LogP contribution in [0.1, 0.15) is 11.1 Å². The molecule has 2 heterocycles. The van der Waals surface area contributed by atoms with E-state index in [0.29, 0.717) is 12.8 Å². The minimum absolute atomic E-state index is 0.347. The summed E-state index contributed by atoms with van der Waals surface area (Å²) in [6.45, 7) is 0. The van der Waals surface area contributed by atoms with E-state index in [1.165, 1.54) is 0 Å². The summed E-state index contributed by atoms with van der Waals surface area (Å²) in [5.41, 5.74) is 14.9. The summed E-state index contributed by atoms with van der Waals surface area (Å²) >= 11 is 0. The second-order valence-electron chi connectivity index (χ2n) is 7.02. The van der Waals surface area contributed by atoms with Crippen LogP contribution in [-0.2, 0) is 22.4 Å². The van der Waals surface area contributed by atoms with Gasteiger partial charge in [-0.25, -0.2) is 0 Å². The van der Waals surface area contributed by atoms with E-state index in [1.807, 2.05) is 60.9 Å². The van der Waals surface area contributed by atoms with E-state index in [0.717, 1.165) is 32.9 Å². The van der Waals surface area contributed by atoms with Crippen molar-refractivity contribution in [3.63, 3.8) is 0 Å². The molecule has 0 saturated carbocycles. The molecule has 0 aliphatic carbocycles. The van der Waals surface area contributed by atoms with Crippen molar-refractivity contribution in [2.24, 2.45) is 11.5 Å². The van der Waals surface area contributed by atoms with Crippen molar-refractivity contribution < 1.29 is 19.8 Å². The van der Waals surface area contributed by atoms with Crippen molar-refractivity contribution in [1.82, 2.24) is 9.97 Å². The fraction of sp³-hybridized carbons (Fsp3) is 0.182. The third-order valence-electron chi connectivity index (χ3n) is 4.86. The maximum absolute atomic E-state index is 10.6. The Kier molecular flexibility index (Phi) is 6.51. The van der Waals surface area contributed by atoms with Gasteiger partial charge in [-0.15, -0.1) is 0 Å². The number of hydrogen-bond donors (Lipinski definition) is 6. The lowest BCUT2D eigenvalue weighted by Gasteiger charge is -2.04. The van der Waals surface area contributed by atoms with E-state index >= 15 is 0 Å². The van der Waals surface area contributed by atoms with Crippen LogP contribution >= 0.6 is 0 Å². The first-order valence-electron chi connectivity index (χ1n) is 9.43. The van der Waals surface area contributed by atoms with Gasteiger partial charge >= 0.3 is 11.9 Å². The molecule has 0 bridgehead atoms. The standard InChI is InChI=1S/2C11H12N2O2/c2*12-9(11(14)15)5-7-6-13-10-4-2-1-3-8(7)10/h2*1-4,6,9,13H,5,12H2,(H,14,15)/t2*9-/m00/s1. The third-order valence-corrected chi connectivity index (χ3v) is 4.86. The zero-order valence-electron chi connectivity index (χ0n) is 16.2. The summed E-state index contributed by atoms with van der Waals surface area (Å²) in [7, 11) is 0. The van der Waals surface area contributed by atoms with Crippen LogP contribution in [0, 0.1) is 0 Å². The average molecular weight is 408 g/mol. The molecule has 30 heavy (non-hydrogen) atoms. The summed E-state index contributed by atoms with van der Waals surface area (Å²) < 4.78 is 0. The Labute approximate surface area is 172 Å². The first kappa shape index (κ1) is 21.1. The number of carbonyl (C=O) groups is 2. The van der Waals surface area contributed by atoms with Crippen LogP contribution in [0.2, 0.25) is 0 Å². The Hall–Kier alpha value is -3.62. The summed E-state index contributed by atoms with van der Waals surface area (Å²) in [4.78, 5) is 27.4. The fourth-order valence-electron chi connectivity index (χ4n) is 3.25. The van der Waals surface area contributed by atoms with Gasteiger partial charge in [-0.1, -0.05) is 36.4 Å². The minimum Gasteiger partial charge on any atom is -0.480 e. The van der Waals surface area contributed by atoms with Crippen LogP contribution in [0.5, 0.6) is 0 Å². The van der Waals surface area contributed by atoms with Gasteiger partial charge in [0.1, 0.15) is 12.1 Å². The maximum Gasteiger partial charge on any atom is 0.320 e. The highest BCUT2D eigenvalue weighted by molar-refractivity contribution is 5.85. The predicted octanol–water partition coefficient (Wildman–Crippen LogP) is 2.24. The van der Waals surface area contributed by atoms with Gasteiger partial charge in [-0.2, -0.15) is 0 Å². The van der Waals surface area contributed by atoms with Gasteiger partial charge in [0.15, 0.2) is 0 Å². The molecular formula is C22H24N4O4. The SMILES string of the molecule is N[C@@H](Cc1c[nH]c2ccccc12)C(=O)O.N[C@@H](Cc1c[nH]c2ccccc12)C(=O)O. The van der Waals surface area contributed by atoms with Gasteiger partial charge in [0.25, 0.3) is 0 Å². The van der Waals surface area contributed by atoms with Gasteiger partial charge in [0.2, 0.25) is 0 Å². The van der Waals surface area contributed by atoms with Crippen molar-refractivity contribution in [2.75, 3.05) is 0 Å². The highest BCUT2D eigenvalue weighted by Crippen LogP contribution is 2.19. The quantitative estimate of drug-likeness (QED) is 0.287. The molecule has 0 unspecified atom stereocenters. The van der Waals surface area contributed by atoms with E-state index in [1.54, 1.807) is 0 Å². The first-order valence-corrected chi connectivity index (χ1v) is 9.43. The Morgan fingerprint density at radius 3 is 1.47 bits per heavy atom. The smallest absolute Gasteiger partial charge is 0.320 e. The number of rotatable bonds is 6. The normalized spacial score (nSPS) is 12.9. The summed E-state index contributed by atoms with van der Waals surface area (Å²) in [6.07, 6.45) is 4.32. The zero-order valence-corrected chi connectivity index (χ0v) is 16.2. The van der Waals surface area contributed by atoms with E-state index in [2.05, 4.69) is 9.97 Å². The Bertz CT molecular complexity index is 1070. The number of para-hydroxylation sites is 2. The monoisotopic (exact) mass is 408 g/mol. The molecule has 0 spiro atoms. The van der Waals surface area contributed by atoms with Crippen LogP contribution in [0.3, 0.4) is 0 Å². The molecule has 156 valence electrons. The summed E-state index contributed by atoms with van der Waals surface area (Å²) in [5, 5.41) is 19.5. The fourth-order valence-corrected chi connectivity index (χ4v) is 3.25. The van der Waals surface area contributed by atoms with Gasteiger partial charge < -0.3 is 31.6 Å². The number of H-pyrrole nitrogens is 2. The van der Waals surface area contributed by atoms with Gasteiger partial charge in [-0.05, 0) is 23.3 Å². The second kappa shape index (κ2) is 9.25. The molecule has 0 aliphatic heterocycles. The highest BCUT2D eigenvalue weighted by Gasteiger charge is 2.15. The van der Waals surface area contributed by atoms with E-state index < -0.39 is 24.0 Å². The van der Waals surface area contributed by atoms with Gasteiger partial charge in [-0.3, -0.25) is 9.59 Å². The number of nitrogens with two attached hydrogens (primary N) is 2. The number of aliphatic carboxylic acids is 2. The first-order chi connectivity index (χ1) is 14.4. The number of nitrogens with one attached hydrogen (secondary N) is 2. The molecule has 0 saturated heterocycles.